The summed E-state index contributed by atoms with van der Waals surface area (Å²) in [6.45, 7) is 0. The van der Waals surface area contributed by atoms with Crippen LogP contribution in [0.5, 0.6) is 5.19 Å². The Morgan fingerprint density at radius 3 is 2.71 bits per heavy atom. The van der Waals surface area contributed by atoms with Crippen LogP contribution in [0.15, 0.2) is 24.3 Å². The fraction of sp³-hybridized carbons (Fsp3) is 0. The highest BCUT2D eigenvalue weighted by Gasteiger charge is 2.09. The van der Waals surface area contributed by atoms with Gasteiger partial charge in [0.2, 0.25) is 0 Å². The molecule has 0 atom stereocenters. The minimum atomic E-state index is -3.98. The van der Waals surface area contributed by atoms with E-state index in [2.05, 4.69) is 9.17 Å². The highest BCUT2D eigenvalue weighted by Crippen LogP contribution is 2.27. The molecule has 2 aromatic rings. The normalized spacial score (nSPS) is 11.8. The summed E-state index contributed by atoms with van der Waals surface area (Å²) in [5.41, 5.74) is 0.691. The highest BCUT2D eigenvalue weighted by molar-refractivity contribution is 7.84. The number of nitrogens with two attached hydrogens (primary N) is 1. The van der Waals surface area contributed by atoms with Crippen molar-refractivity contribution >= 4 is 31.9 Å². The predicted molar refractivity (Wildman–Crippen MR) is 53.4 cm³/mol. The lowest BCUT2D eigenvalue weighted by Crippen LogP contribution is -2.18. The lowest BCUT2D eigenvalue weighted by Gasteiger charge is -1.93. The van der Waals surface area contributed by atoms with Crippen LogP contribution in [0, 0.1) is 0 Å². The number of fused-ring (bicyclic) bond motifs is 1. The molecule has 0 aliphatic heterocycles. The number of thiazole rings is 1. The average molecular weight is 230 g/mol. The fourth-order valence-electron chi connectivity index (χ4n) is 0.986. The molecule has 0 aliphatic carbocycles. The molecule has 0 aliphatic rings. The number of hydrogen-bond acceptors (Lipinski definition) is 5. The van der Waals surface area contributed by atoms with Crippen LogP contribution < -0.4 is 9.32 Å². The first-order valence-electron chi connectivity index (χ1n) is 3.62. The van der Waals surface area contributed by atoms with Crippen LogP contribution in [0.1, 0.15) is 0 Å². The van der Waals surface area contributed by atoms with Crippen molar-refractivity contribution in [2.24, 2.45) is 5.14 Å². The van der Waals surface area contributed by atoms with Crippen molar-refractivity contribution in [3.8, 4) is 5.19 Å². The Bertz CT molecular complexity index is 528. The maximum absolute atomic E-state index is 10.6. The topological polar surface area (TPSA) is 82.3 Å². The summed E-state index contributed by atoms with van der Waals surface area (Å²) in [6.07, 6.45) is 0. The average Bonchev–Trinajstić information content (AvgIpc) is 2.42. The lowest BCUT2D eigenvalue weighted by molar-refractivity contribution is 0.486. The number of benzene rings is 1. The fourth-order valence-corrected chi connectivity index (χ4v) is 2.34. The van der Waals surface area contributed by atoms with Gasteiger partial charge in [-0.1, -0.05) is 23.5 Å². The van der Waals surface area contributed by atoms with E-state index in [-0.39, 0.29) is 5.19 Å². The van der Waals surface area contributed by atoms with E-state index in [0.29, 0.717) is 5.52 Å². The van der Waals surface area contributed by atoms with E-state index < -0.39 is 10.3 Å². The quantitative estimate of drug-likeness (QED) is 0.830. The predicted octanol–water partition coefficient (Wildman–Crippen LogP) is 0.879. The second-order valence-corrected chi connectivity index (χ2v) is 4.67. The van der Waals surface area contributed by atoms with Gasteiger partial charge in [-0.05, 0) is 12.1 Å². The largest absolute Gasteiger partial charge is 0.382 e. The third kappa shape index (κ3) is 2.00. The Labute approximate surface area is 84.4 Å². The van der Waals surface area contributed by atoms with E-state index >= 15 is 0 Å². The molecule has 0 amide bonds. The second kappa shape index (κ2) is 3.19. The van der Waals surface area contributed by atoms with Crippen molar-refractivity contribution in [3.05, 3.63) is 24.3 Å². The molecule has 5 nitrogen and oxygen atoms in total. The van der Waals surface area contributed by atoms with Gasteiger partial charge in [0.05, 0.1) is 10.2 Å². The Balaban J connectivity index is 2.46. The first-order chi connectivity index (χ1) is 6.54. The van der Waals surface area contributed by atoms with Gasteiger partial charge in [-0.15, -0.1) is 0 Å². The first-order valence-corrected chi connectivity index (χ1v) is 5.91. The van der Waals surface area contributed by atoms with Gasteiger partial charge in [0, 0.05) is 0 Å². The molecule has 7 heteroatoms. The lowest BCUT2D eigenvalue weighted by atomic mass is 10.3. The molecule has 1 aromatic heterocycles. The number of hydrogen-bond donors (Lipinski definition) is 1. The smallest absolute Gasteiger partial charge is 0.340 e. The van der Waals surface area contributed by atoms with Gasteiger partial charge in [0.1, 0.15) is 0 Å². The Morgan fingerprint density at radius 1 is 1.36 bits per heavy atom. The zero-order chi connectivity index (χ0) is 10.2. The standard InChI is InChI=1S/C7H6N2O3S2/c8-14(10,11)12-7-9-5-3-1-2-4-6(5)13-7/h1-4H,(H2,8,10,11). The van der Waals surface area contributed by atoms with E-state index in [1.807, 2.05) is 18.2 Å². The Morgan fingerprint density at radius 2 is 2.07 bits per heavy atom. The van der Waals surface area contributed by atoms with Crippen molar-refractivity contribution in [1.29, 1.82) is 0 Å². The van der Waals surface area contributed by atoms with Crippen molar-refractivity contribution in [3.63, 3.8) is 0 Å². The van der Waals surface area contributed by atoms with E-state index in [4.69, 9.17) is 5.14 Å². The number of rotatable bonds is 2. The molecule has 0 bridgehead atoms. The number of nitrogens with zero attached hydrogens (tertiary/aromatic N) is 1. The summed E-state index contributed by atoms with van der Waals surface area (Å²) in [5, 5.41) is 4.74. The summed E-state index contributed by atoms with van der Waals surface area (Å²) in [5.74, 6) is 0. The van der Waals surface area contributed by atoms with Crippen LogP contribution in [0.4, 0.5) is 0 Å². The molecule has 0 fully saturated rings. The van der Waals surface area contributed by atoms with Gasteiger partial charge >= 0.3 is 10.3 Å². The zero-order valence-corrected chi connectivity index (χ0v) is 8.51. The molecule has 0 saturated carbocycles. The van der Waals surface area contributed by atoms with Crippen LogP contribution in [0.3, 0.4) is 0 Å². The molecular formula is C7H6N2O3S2. The maximum Gasteiger partial charge on any atom is 0.382 e. The van der Waals surface area contributed by atoms with Crippen LogP contribution in [-0.2, 0) is 10.3 Å². The summed E-state index contributed by atoms with van der Waals surface area (Å²) >= 11 is 1.13. The zero-order valence-electron chi connectivity index (χ0n) is 6.88. The van der Waals surface area contributed by atoms with E-state index in [1.165, 1.54) is 0 Å². The van der Waals surface area contributed by atoms with Gasteiger partial charge < -0.3 is 4.18 Å². The van der Waals surface area contributed by atoms with Crippen LogP contribution in [0.25, 0.3) is 10.2 Å². The van der Waals surface area contributed by atoms with Crippen molar-refractivity contribution in [2.75, 3.05) is 0 Å². The van der Waals surface area contributed by atoms with E-state index in [0.717, 1.165) is 16.0 Å². The summed E-state index contributed by atoms with van der Waals surface area (Å²) in [4.78, 5) is 3.94. The molecule has 0 spiro atoms. The van der Waals surface area contributed by atoms with Gasteiger partial charge in [0.25, 0.3) is 5.19 Å². The molecular weight excluding hydrogens is 224 g/mol. The molecule has 2 N–H and O–H groups in total. The molecule has 1 aromatic carbocycles. The van der Waals surface area contributed by atoms with Crippen molar-refractivity contribution < 1.29 is 12.6 Å². The Hall–Kier alpha value is -1.18. The van der Waals surface area contributed by atoms with Gasteiger partial charge in [0.15, 0.2) is 0 Å². The van der Waals surface area contributed by atoms with Gasteiger partial charge in [-0.2, -0.15) is 13.6 Å². The SMILES string of the molecule is NS(=O)(=O)Oc1nc2ccccc2s1. The molecule has 0 unspecified atom stereocenters. The second-order valence-electron chi connectivity index (χ2n) is 2.52. The maximum atomic E-state index is 10.6. The monoisotopic (exact) mass is 230 g/mol. The summed E-state index contributed by atoms with van der Waals surface area (Å²) in [6, 6.07) is 7.23. The third-order valence-electron chi connectivity index (χ3n) is 1.46. The minimum Gasteiger partial charge on any atom is -0.340 e. The summed E-state index contributed by atoms with van der Waals surface area (Å²) in [7, 11) is -3.98. The molecule has 0 saturated heterocycles. The number of para-hydroxylation sites is 1. The molecule has 14 heavy (non-hydrogen) atoms. The van der Waals surface area contributed by atoms with E-state index in [1.54, 1.807) is 6.07 Å². The molecule has 0 radical (unpaired) electrons. The summed E-state index contributed by atoms with van der Waals surface area (Å²) < 4.78 is 26.5. The van der Waals surface area contributed by atoms with Gasteiger partial charge in [-0.25, -0.2) is 4.98 Å². The van der Waals surface area contributed by atoms with Crippen molar-refractivity contribution in [2.45, 2.75) is 0 Å². The van der Waals surface area contributed by atoms with Gasteiger partial charge in [-0.3, -0.25) is 0 Å². The highest BCUT2D eigenvalue weighted by atomic mass is 32.2. The third-order valence-corrected chi connectivity index (χ3v) is 2.87. The Kier molecular flexibility index (Phi) is 2.14. The molecule has 1 heterocycles. The molecule has 2 rings (SSSR count). The molecule has 74 valence electrons. The van der Waals surface area contributed by atoms with Crippen LogP contribution >= 0.6 is 11.3 Å². The minimum absolute atomic E-state index is 0.0358. The van der Waals surface area contributed by atoms with E-state index in [9.17, 15) is 8.42 Å². The number of aromatic nitrogens is 1. The van der Waals surface area contributed by atoms with Crippen LogP contribution in [0.2, 0.25) is 0 Å². The van der Waals surface area contributed by atoms with Crippen molar-refractivity contribution in [1.82, 2.24) is 4.98 Å². The first kappa shape index (κ1) is 9.38. The van der Waals surface area contributed by atoms with Crippen LogP contribution in [-0.4, -0.2) is 13.4 Å².